The van der Waals surface area contributed by atoms with Crippen LogP contribution in [0.3, 0.4) is 0 Å². The average Bonchev–Trinajstić information content (AvgIpc) is 3.57. The largest absolute Gasteiger partial charge is 0.481 e. The molecule has 7 rings (SSSR count). The summed E-state index contributed by atoms with van der Waals surface area (Å²) in [5.41, 5.74) is 1.07. The van der Waals surface area contributed by atoms with E-state index in [1.54, 1.807) is 0 Å². The van der Waals surface area contributed by atoms with E-state index >= 15 is 0 Å². The molecule has 216 valence electrons. The Hall–Kier alpha value is -4.08. The van der Waals surface area contributed by atoms with Gasteiger partial charge in [0, 0.05) is 32.8 Å². The van der Waals surface area contributed by atoms with Gasteiger partial charge in [0.25, 0.3) is 11.8 Å². The van der Waals surface area contributed by atoms with Crippen LogP contribution in [-0.4, -0.2) is 83.7 Å². The number of amides is 2. The third-order valence-electron chi connectivity index (χ3n) is 7.84. The van der Waals surface area contributed by atoms with Gasteiger partial charge < -0.3 is 34.7 Å². The average molecular weight is 598 g/mol. The monoisotopic (exact) mass is 597 g/mol. The number of hydrogen-bond acceptors (Lipinski definition) is 8. The molecule has 0 aliphatic carbocycles. The van der Waals surface area contributed by atoms with Crippen LogP contribution in [0.2, 0.25) is 0 Å². The summed E-state index contributed by atoms with van der Waals surface area (Å²) >= 11 is 0.939. The number of aliphatic hydroxyl groups is 3. The number of rotatable bonds is 5. The molecule has 5 atom stereocenters. The number of hydrogen-bond donors (Lipinski definition) is 6. The molecule has 14 heteroatoms. The molecule has 2 aliphatic heterocycles. The van der Waals surface area contributed by atoms with Crippen LogP contribution < -0.4 is 5.32 Å². The minimum absolute atomic E-state index is 0.0221. The molecule has 2 aromatic heterocycles. The highest BCUT2D eigenvalue weighted by molar-refractivity contribution is 7.99. The molecular weight excluding hydrogens is 576 g/mol. The van der Waals surface area contributed by atoms with Crippen molar-refractivity contribution in [1.82, 2.24) is 14.9 Å². The highest BCUT2D eigenvalue weighted by Gasteiger charge is 2.46. The molecule has 2 amide bonds. The molecule has 42 heavy (non-hydrogen) atoms. The fourth-order valence-corrected chi connectivity index (χ4v) is 6.93. The minimum Gasteiger partial charge on any atom is -0.481 e. The van der Waals surface area contributed by atoms with Crippen molar-refractivity contribution in [2.75, 3.05) is 11.5 Å². The Morgan fingerprint density at radius 1 is 0.929 bits per heavy atom. The highest BCUT2D eigenvalue weighted by atomic mass is 32.2. The molecule has 1 unspecified atom stereocenters. The van der Waals surface area contributed by atoms with E-state index in [4.69, 9.17) is 9.84 Å². The van der Waals surface area contributed by atoms with Gasteiger partial charge in [0.15, 0.2) is 6.23 Å². The van der Waals surface area contributed by atoms with Gasteiger partial charge >= 0.3 is 5.97 Å². The maximum absolute atomic E-state index is 14.7. The number of carbonyl (C=O) groups excluding carboxylic acids is 2. The highest BCUT2D eigenvalue weighted by Crippen LogP contribution is 2.46. The van der Waals surface area contributed by atoms with Gasteiger partial charge in [-0.1, -0.05) is 0 Å². The standard InChI is InChI=1S/C28H21F2N3O8S/c29-9-1-3-13-11(5-9)17-19-20(27(40)32-26(19)39)18-12-6-10(30)2-4-14(12)33(22(18)21(17)31-13)28-25(38)24(37)23(36)15(41-28)7-42-8-16(34)35/h1-6,15,23-25,28,31,36-38H,7-8H2,(H,34,35)(H,32,39,40)/t15-,23-,24+,25-,28?/m1/s1. The van der Waals surface area contributed by atoms with Gasteiger partial charge in [-0.3, -0.25) is 19.7 Å². The summed E-state index contributed by atoms with van der Waals surface area (Å²) in [6.45, 7) is 0. The second kappa shape index (κ2) is 9.47. The van der Waals surface area contributed by atoms with E-state index in [9.17, 15) is 38.5 Å². The number of carbonyl (C=O) groups is 3. The van der Waals surface area contributed by atoms with E-state index in [1.165, 1.54) is 34.9 Å². The lowest BCUT2D eigenvalue weighted by Crippen LogP contribution is -2.56. The van der Waals surface area contributed by atoms with Gasteiger partial charge in [0.1, 0.15) is 29.9 Å². The number of benzene rings is 3. The van der Waals surface area contributed by atoms with Crippen LogP contribution in [0.4, 0.5) is 8.78 Å². The van der Waals surface area contributed by atoms with Gasteiger partial charge in [-0.2, -0.15) is 0 Å². The van der Waals surface area contributed by atoms with E-state index in [0.717, 1.165) is 17.8 Å². The van der Waals surface area contributed by atoms with Crippen LogP contribution >= 0.6 is 11.8 Å². The molecule has 1 fully saturated rings. The molecule has 6 N–H and O–H groups in total. The topological polar surface area (TPSA) is 174 Å². The van der Waals surface area contributed by atoms with E-state index < -0.39 is 60.1 Å². The van der Waals surface area contributed by atoms with Crippen LogP contribution in [0, 0.1) is 11.6 Å². The number of carboxylic acids is 1. The molecule has 0 bridgehead atoms. The van der Waals surface area contributed by atoms with Crippen molar-refractivity contribution in [3.8, 4) is 0 Å². The van der Waals surface area contributed by atoms with Crippen molar-refractivity contribution in [2.24, 2.45) is 0 Å². The number of H-pyrrole nitrogens is 1. The van der Waals surface area contributed by atoms with Crippen LogP contribution in [0.25, 0.3) is 43.6 Å². The number of aromatic amines is 1. The number of aromatic nitrogens is 2. The molecule has 2 aliphatic rings. The smallest absolute Gasteiger partial charge is 0.313 e. The summed E-state index contributed by atoms with van der Waals surface area (Å²) in [7, 11) is 0. The lowest BCUT2D eigenvalue weighted by molar-refractivity contribution is -0.236. The lowest BCUT2D eigenvalue weighted by atomic mass is 9.96. The molecule has 4 heterocycles. The first-order valence-electron chi connectivity index (χ1n) is 12.8. The number of aliphatic carboxylic acids is 1. The van der Waals surface area contributed by atoms with Crippen LogP contribution in [0.5, 0.6) is 0 Å². The number of imide groups is 1. The number of fused-ring (bicyclic) bond motifs is 10. The van der Waals surface area contributed by atoms with Gasteiger partial charge in [0.05, 0.1) is 39.5 Å². The molecule has 3 aromatic carbocycles. The number of nitrogens with one attached hydrogen (secondary N) is 2. The molecule has 11 nitrogen and oxygen atoms in total. The Bertz CT molecular complexity index is 2010. The first-order chi connectivity index (χ1) is 20.1. The zero-order valence-electron chi connectivity index (χ0n) is 21.3. The number of halogens is 2. The van der Waals surface area contributed by atoms with Crippen LogP contribution in [0.15, 0.2) is 36.4 Å². The summed E-state index contributed by atoms with van der Waals surface area (Å²) in [5, 5.41) is 44.9. The van der Waals surface area contributed by atoms with Crippen molar-refractivity contribution < 1.29 is 48.3 Å². The number of carboxylic acid groups (broad SMARTS) is 1. The predicted molar refractivity (Wildman–Crippen MR) is 147 cm³/mol. The second-order valence-electron chi connectivity index (χ2n) is 10.3. The Balaban J connectivity index is 1.58. The summed E-state index contributed by atoms with van der Waals surface area (Å²) in [6.07, 6.45) is -7.57. The third-order valence-corrected chi connectivity index (χ3v) is 8.86. The van der Waals surface area contributed by atoms with Crippen molar-refractivity contribution >= 4 is 73.2 Å². The van der Waals surface area contributed by atoms with Gasteiger partial charge in [0.2, 0.25) is 0 Å². The summed E-state index contributed by atoms with van der Waals surface area (Å²) in [5.74, 6) is -4.14. The molecule has 5 aromatic rings. The summed E-state index contributed by atoms with van der Waals surface area (Å²) < 4.78 is 36.7. The van der Waals surface area contributed by atoms with Crippen LogP contribution in [-0.2, 0) is 9.53 Å². The van der Waals surface area contributed by atoms with Crippen molar-refractivity contribution in [1.29, 1.82) is 0 Å². The normalized spacial score (nSPS) is 24.3. The van der Waals surface area contributed by atoms with Crippen LogP contribution in [0.1, 0.15) is 26.9 Å². The number of aliphatic hydroxyl groups excluding tert-OH is 3. The fraction of sp³-hybridized carbons (Fsp3) is 0.250. The number of nitrogens with zero attached hydrogens (tertiary/aromatic N) is 1. The van der Waals surface area contributed by atoms with Gasteiger partial charge in [-0.25, -0.2) is 8.78 Å². The molecule has 1 saturated heterocycles. The Labute approximate surface area is 237 Å². The molecular formula is C28H21F2N3O8S. The van der Waals surface area contributed by atoms with E-state index in [1.807, 2.05) is 0 Å². The SMILES string of the molecule is O=C(O)CSC[C@H]1OC(n2c3ccc(F)cc3c3c4c(c5c6cc(F)ccc6[nH]c5c32)C(=O)NC4=O)[C@H](O)[C@@H](O)[C@@H]1O. The predicted octanol–water partition coefficient (Wildman–Crippen LogP) is 2.39. The zero-order chi connectivity index (χ0) is 29.6. The Morgan fingerprint density at radius 2 is 1.60 bits per heavy atom. The maximum atomic E-state index is 14.7. The van der Waals surface area contributed by atoms with Gasteiger partial charge in [-0.05, 0) is 36.4 Å². The van der Waals surface area contributed by atoms with Crippen molar-refractivity contribution in [3.63, 3.8) is 0 Å². The Kier molecular flexibility index (Phi) is 6.04. The van der Waals surface area contributed by atoms with E-state index in [2.05, 4.69) is 10.3 Å². The van der Waals surface area contributed by atoms with E-state index in [-0.39, 0.29) is 55.3 Å². The lowest BCUT2D eigenvalue weighted by Gasteiger charge is -2.41. The fourth-order valence-electron chi connectivity index (χ4n) is 6.13. The Morgan fingerprint density at radius 3 is 2.31 bits per heavy atom. The zero-order valence-corrected chi connectivity index (χ0v) is 22.1. The maximum Gasteiger partial charge on any atom is 0.313 e. The number of thioether (sulfide) groups is 1. The van der Waals surface area contributed by atoms with E-state index in [0.29, 0.717) is 10.9 Å². The third kappa shape index (κ3) is 3.76. The first-order valence-corrected chi connectivity index (χ1v) is 14.0. The molecule has 0 saturated carbocycles. The van der Waals surface area contributed by atoms with Crippen molar-refractivity contribution in [2.45, 2.75) is 30.6 Å². The second-order valence-corrected chi connectivity index (χ2v) is 11.3. The summed E-state index contributed by atoms with van der Waals surface area (Å²) in [4.78, 5) is 40.5. The minimum atomic E-state index is -1.73. The molecule has 0 radical (unpaired) electrons. The van der Waals surface area contributed by atoms with Gasteiger partial charge in [-0.15, -0.1) is 11.8 Å². The quantitative estimate of drug-likeness (QED) is 0.166. The van der Waals surface area contributed by atoms with Crippen molar-refractivity contribution in [3.05, 3.63) is 59.2 Å². The molecule has 0 spiro atoms. The summed E-state index contributed by atoms with van der Waals surface area (Å²) in [6, 6.07) is 7.61. The first kappa shape index (κ1) is 26.8. The number of ether oxygens (including phenoxy) is 1.